The molecule has 0 N–H and O–H groups in total. The molecule has 0 amide bonds. The van der Waals surface area contributed by atoms with Crippen LogP contribution in [-0.4, -0.2) is 34.0 Å². The van der Waals surface area contributed by atoms with Gasteiger partial charge >= 0.3 is 21.3 Å². The molecule has 1 aromatic rings. The largest absolute Gasteiger partial charge is 0.499 e. The Morgan fingerprint density at radius 3 is 1.16 bits per heavy atom. The van der Waals surface area contributed by atoms with Crippen molar-refractivity contribution in [3.8, 4) is 0 Å². The monoisotopic (exact) mass is 424 g/mol. The zero-order valence-corrected chi connectivity index (χ0v) is 12.9. The summed E-state index contributed by atoms with van der Waals surface area (Å²) in [6.07, 6.45) is -7.02. The van der Waals surface area contributed by atoms with Gasteiger partial charge in [-0.1, -0.05) is 30.3 Å². The van der Waals surface area contributed by atoms with Gasteiger partial charge in [-0.15, -0.1) is 0 Å². The Hall–Kier alpha value is -1.51. The number of rotatable bonds is 3. The highest BCUT2D eigenvalue weighted by Crippen LogP contribution is 2.57. The molecule has 15 heteroatoms. The van der Waals surface area contributed by atoms with Crippen molar-refractivity contribution in [3.05, 3.63) is 35.9 Å². The smallest absolute Gasteiger partial charge is 0.217 e. The first kappa shape index (κ1) is 21.5. The summed E-state index contributed by atoms with van der Waals surface area (Å²) in [7, 11) is -16.0. The molecule has 0 fully saturated rings. The topological polar surface area (TPSA) is 68.3 Å². The second-order valence-corrected chi connectivity index (χ2v) is 8.80. The summed E-state index contributed by atoms with van der Waals surface area (Å²) >= 11 is 0. The average Bonchev–Trinajstić information content (AvgIpc) is 2.35. The molecule has 0 heterocycles. The van der Waals surface area contributed by atoms with Crippen LogP contribution in [0.2, 0.25) is 0 Å². The molecular weight excluding hydrogens is 419 g/mol. The van der Waals surface area contributed by atoms with Crippen LogP contribution in [0.5, 0.6) is 0 Å². The minimum absolute atomic E-state index is 0.111. The van der Waals surface area contributed by atoms with E-state index in [9.17, 15) is 56.3 Å². The van der Waals surface area contributed by atoms with Gasteiger partial charge in [-0.3, -0.25) is 0 Å². The van der Waals surface area contributed by atoms with Crippen LogP contribution in [0.1, 0.15) is 5.56 Å². The predicted molar refractivity (Wildman–Crippen MR) is 64.1 cm³/mol. The van der Waals surface area contributed by atoms with Gasteiger partial charge in [-0.05, 0) is 5.56 Å². The maximum Gasteiger partial charge on any atom is 0.499 e. The van der Waals surface area contributed by atoms with Crippen LogP contribution in [0.3, 0.4) is 0 Å². The van der Waals surface area contributed by atoms with Crippen LogP contribution in [0.25, 0.3) is 0 Å². The zero-order chi connectivity index (χ0) is 20.1. The maximum atomic E-state index is 13.4. The Labute approximate surface area is 134 Å². The van der Waals surface area contributed by atoms with Crippen LogP contribution >= 0.6 is 0 Å². The van der Waals surface area contributed by atoms with Gasteiger partial charge in [-0.2, -0.15) is 39.5 Å². The van der Waals surface area contributed by atoms with E-state index >= 15 is 0 Å². The fourth-order valence-electron chi connectivity index (χ4n) is 1.91. The Kier molecular flexibility index (Phi) is 4.96. The molecule has 0 radical (unpaired) electrons. The molecule has 0 unspecified atom stereocenters. The highest BCUT2D eigenvalue weighted by Gasteiger charge is 2.84. The van der Waals surface area contributed by atoms with E-state index in [1.54, 1.807) is 0 Å². The van der Waals surface area contributed by atoms with E-state index in [1.165, 1.54) is 0 Å². The third kappa shape index (κ3) is 2.86. The first-order chi connectivity index (χ1) is 10.9. The number of alkyl halides is 9. The third-order valence-electron chi connectivity index (χ3n) is 2.89. The predicted octanol–water partition coefficient (Wildman–Crippen LogP) is 3.27. The minimum Gasteiger partial charge on any atom is -0.217 e. The van der Waals surface area contributed by atoms with E-state index in [0.29, 0.717) is 12.1 Å². The van der Waals surface area contributed by atoms with Gasteiger partial charge in [0.05, 0.1) is 0 Å². The second kappa shape index (κ2) is 5.75. The normalized spacial score (nSPS) is 15.2. The highest BCUT2D eigenvalue weighted by atomic mass is 32.3. The van der Waals surface area contributed by atoms with Gasteiger partial charge in [0.1, 0.15) is 0 Å². The van der Waals surface area contributed by atoms with Crippen LogP contribution in [-0.2, 0) is 23.8 Å². The Balaban J connectivity index is 4.33. The number of benzene rings is 1. The van der Waals surface area contributed by atoms with E-state index in [0.717, 1.165) is 6.07 Å². The first-order valence-corrected chi connectivity index (χ1v) is 8.56. The van der Waals surface area contributed by atoms with Gasteiger partial charge in [0.25, 0.3) is 19.7 Å². The van der Waals surface area contributed by atoms with Gasteiger partial charge < -0.3 is 0 Å². The lowest BCUT2D eigenvalue weighted by Crippen LogP contribution is -2.61. The molecule has 4 nitrogen and oxygen atoms in total. The summed E-state index contributed by atoms with van der Waals surface area (Å²) in [5.41, 5.74) is -16.2. The number of hydrogen-bond acceptors (Lipinski definition) is 4. The minimum atomic E-state index is -7.98. The molecule has 0 saturated heterocycles. The van der Waals surface area contributed by atoms with Crippen molar-refractivity contribution in [2.75, 3.05) is 0 Å². The third-order valence-corrected chi connectivity index (χ3v) is 7.88. The highest BCUT2D eigenvalue weighted by molar-refractivity contribution is 8.10. The molecule has 0 aliphatic rings. The summed E-state index contributed by atoms with van der Waals surface area (Å²) in [4.78, 5) is 0. The van der Waals surface area contributed by atoms with Crippen LogP contribution in [0.4, 0.5) is 39.5 Å². The summed E-state index contributed by atoms with van der Waals surface area (Å²) in [5.74, 6) is 0. The number of hydrogen-bond donors (Lipinski definition) is 0. The molecule has 0 atom stereocenters. The Morgan fingerprint density at radius 1 is 0.600 bits per heavy atom. The molecule has 1 rings (SSSR count). The van der Waals surface area contributed by atoms with Crippen molar-refractivity contribution in [2.24, 2.45) is 0 Å². The van der Waals surface area contributed by atoms with Crippen molar-refractivity contribution >= 4 is 19.7 Å². The summed E-state index contributed by atoms with van der Waals surface area (Å²) < 4.78 is 156. The quantitative estimate of drug-likeness (QED) is 0.699. The zero-order valence-electron chi connectivity index (χ0n) is 11.2. The molecule has 0 spiro atoms. The van der Waals surface area contributed by atoms with E-state index in [1.807, 2.05) is 0 Å². The second-order valence-electron chi connectivity index (χ2n) is 4.38. The van der Waals surface area contributed by atoms with Crippen LogP contribution < -0.4 is 0 Å². The standard InChI is InChI=1S/C10H5F9O4S2/c11-8(12,13)7(6-4-2-1-3-5-6,24(20,21)9(14,15)16)25(22,23)10(17,18)19/h1-5H. The van der Waals surface area contributed by atoms with E-state index in [4.69, 9.17) is 0 Å². The summed E-state index contributed by atoms with van der Waals surface area (Å²) in [6, 6.07) is 1.51. The molecule has 0 aliphatic heterocycles. The molecule has 144 valence electrons. The lowest BCUT2D eigenvalue weighted by atomic mass is 10.1. The molecular formula is C10H5F9O4S2. The number of sulfone groups is 2. The Bertz CT molecular complexity index is 789. The van der Waals surface area contributed by atoms with Gasteiger partial charge in [-0.25, -0.2) is 16.8 Å². The molecule has 25 heavy (non-hydrogen) atoms. The average molecular weight is 424 g/mol. The lowest BCUT2D eigenvalue weighted by molar-refractivity contribution is -0.152. The van der Waals surface area contributed by atoms with Crippen molar-refractivity contribution in [3.63, 3.8) is 0 Å². The van der Waals surface area contributed by atoms with Crippen LogP contribution in [0.15, 0.2) is 30.3 Å². The Morgan fingerprint density at radius 2 is 0.920 bits per heavy atom. The fourth-order valence-corrected chi connectivity index (χ4v) is 5.78. The van der Waals surface area contributed by atoms with Crippen LogP contribution in [0, 0.1) is 0 Å². The van der Waals surface area contributed by atoms with Gasteiger partial charge in [0.15, 0.2) is 0 Å². The molecule has 1 aromatic carbocycles. The maximum absolute atomic E-state index is 13.4. The van der Waals surface area contributed by atoms with Gasteiger partial charge in [0.2, 0.25) is 0 Å². The number of halogens is 9. The molecule has 0 aliphatic carbocycles. The van der Waals surface area contributed by atoms with Crippen molar-refractivity contribution in [1.29, 1.82) is 0 Å². The summed E-state index contributed by atoms with van der Waals surface area (Å²) in [6.45, 7) is 0. The van der Waals surface area contributed by atoms with E-state index < -0.39 is 46.5 Å². The molecule has 0 bridgehead atoms. The first-order valence-electron chi connectivity index (χ1n) is 5.59. The van der Waals surface area contributed by atoms with Crippen molar-refractivity contribution in [1.82, 2.24) is 0 Å². The lowest BCUT2D eigenvalue weighted by Gasteiger charge is -2.35. The van der Waals surface area contributed by atoms with Crippen molar-refractivity contribution in [2.45, 2.75) is 21.3 Å². The van der Waals surface area contributed by atoms with Crippen molar-refractivity contribution < 1.29 is 56.3 Å². The van der Waals surface area contributed by atoms with E-state index in [-0.39, 0.29) is 12.1 Å². The molecule has 0 aromatic heterocycles. The summed E-state index contributed by atoms with van der Waals surface area (Å²) in [5, 5.41) is 0. The fraction of sp³-hybridized carbons (Fsp3) is 0.400. The SMILES string of the molecule is O=S(=O)(C(F)(F)F)C(c1ccccc1)(C(F)(F)F)S(=O)(=O)C(F)(F)F. The molecule has 0 saturated carbocycles. The van der Waals surface area contributed by atoms with E-state index in [2.05, 4.69) is 0 Å². The van der Waals surface area contributed by atoms with Gasteiger partial charge in [0, 0.05) is 0 Å².